The Morgan fingerprint density at radius 1 is 0.619 bits per heavy atom. The highest BCUT2D eigenvalue weighted by molar-refractivity contribution is 7.80. The summed E-state index contributed by atoms with van der Waals surface area (Å²) >= 11 is 5.22. The Bertz CT molecular complexity index is 216. The van der Waals surface area contributed by atoms with E-state index in [1.54, 1.807) is 0 Å². The fourth-order valence-electron chi connectivity index (χ4n) is 2.54. The second-order valence-corrected chi connectivity index (χ2v) is 6.67. The van der Waals surface area contributed by atoms with E-state index >= 15 is 0 Å². The van der Waals surface area contributed by atoms with Crippen molar-refractivity contribution in [3.63, 3.8) is 0 Å². The van der Waals surface area contributed by atoms with Crippen molar-refractivity contribution in [1.29, 1.82) is 0 Å². The van der Waals surface area contributed by atoms with E-state index in [2.05, 4.69) is 13.8 Å². The summed E-state index contributed by atoms with van der Waals surface area (Å²) in [7, 11) is 0. The van der Waals surface area contributed by atoms with Gasteiger partial charge >= 0.3 is 0 Å². The zero-order valence-electron chi connectivity index (χ0n) is 14.6. The maximum absolute atomic E-state index is 5.60. The standard InChI is InChI=1S/C19H38OS/c1-3-5-7-8-9-10-11-12-13-14-16-18-20-19(21)17-15-6-4-2/h3-18H2,1-2H3. The lowest BCUT2D eigenvalue weighted by Crippen LogP contribution is -2.03. The van der Waals surface area contributed by atoms with Crippen LogP contribution in [0.2, 0.25) is 0 Å². The number of ether oxygens (including phenoxy) is 1. The first-order valence-electron chi connectivity index (χ1n) is 9.46. The molecular weight excluding hydrogens is 276 g/mol. The van der Waals surface area contributed by atoms with E-state index in [1.807, 2.05) is 0 Å². The van der Waals surface area contributed by atoms with E-state index in [4.69, 9.17) is 17.0 Å². The monoisotopic (exact) mass is 314 g/mol. The van der Waals surface area contributed by atoms with Crippen molar-refractivity contribution in [2.24, 2.45) is 0 Å². The van der Waals surface area contributed by atoms with Gasteiger partial charge < -0.3 is 4.74 Å². The quantitative estimate of drug-likeness (QED) is 0.220. The Balaban J connectivity index is 3.06. The van der Waals surface area contributed by atoms with Crippen molar-refractivity contribution in [2.45, 2.75) is 110 Å². The number of rotatable bonds is 16. The van der Waals surface area contributed by atoms with Gasteiger partial charge in [0.15, 0.2) is 5.05 Å². The molecule has 0 heterocycles. The third-order valence-electron chi connectivity index (χ3n) is 4.00. The molecule has 1 nitrogen and oxygen atoms in total. The van der Waals surface area contributed by atoms with Crippen molar-refractivity contribution < 1.29 is 4.74 Å². The molecule has 21 heavy (non-hydrogen) atoms. The molecule has 0 unspecified atom stereocenters. The Hall–Kier alpha value is -0.110. The molecule has 0 atom stereocenters. The lowest BCUT2D eigenvalue weighted by molar-refractivity contribution is 0.291. The first-order valence-corrected chi connectivity index (χ1v) is 9.87. The molecule has 0 aromatic carbocycles. The normalized spacial score (nSPS) is 10.8. The van der Waals surface area contributed by atoms with E-state index in [-0.39, 0.29) is 0 Å². The third-order valence-corrected chi connectivity index (χ3v) is 4.32. The second kappa shape index (κ2) is 17.9. The van der Waals surface area contributed by atoms with Crippen molar-refractivity contribution in [2.75, 3.05) is 6.61 Å². The largest absolute Gasteiger partial charge is 0.487 e. The van der Waals surface area contributed by atoms with Crippen LogP contribution in [0.5, 0.6) is 0 Å². The smallest absolute Gasteiger partial charge is 0.159 e. The van der Waals surface area contributed by atoms with Crippen LogP contribution in [0.3, 0.4) is 0 Å². The first-order chi connectivity index (χ1) is 10.3. The van der Waals surface area contributed by atoms with E-state index in [1.165, 1.54) is 89.9 Å². The highest BCUT2D eigenvalue weighted by Crippen LogP contribution is 2.11. The van der Waals surface area contributed by atoms with Crippen molar-refractivity contribution >= 4 is 17.3 Å². The van der Waals surface area contributed by atoms with Gasteiger partial charge in [-0.1, -0.05) is 90.9 Å². The molecule has 0 bridgehead atoms. The summed E-state index contributed by atoms with van der Waals surface area (Å²) in [5, 5.41) is 0.829. The zero-order chi connectivity index (χ0) is 15.6. The maximum atomic E-state index is 5.60. The van der Waals surface area contributed by atoms with Crippen LogP contribution in [0.4, 0.5) is 0 Å². The van der Waals surface area contributed by atoms with Gasteiger partial charge in [-0.3, -0.25) is 0 Å². The highest BCUT2D eigenvalue weighted by Gasteiger charge is 1.98. The van der Waals surface area contributed by atoms with Gasteiger partial charge in [-0.15, -0.1) is 0 Å². The van der Waals surface area contributed by atoms with Crippen molar-refractivity contribution in [1.82, 2.24) is 0 Å². The van der Waals surface area contributed by atoms with E-state index < -0.39 is 0 Å². The van der Waals surface area contributed by atoms with Crippen LogP contribution in [0, 0.1) is 0 Å². The Morgan fingerprint density at radius 3 is 1.57 bits per heavy atom. The Kier molecular flexibility index (Phi) is 17.8. The van der Waals surface area contributed by atoms with E-state index in [0.717, 1.165) is 18.1 Å². The van der Waals surface area contributed by atoms with Gasteiger partial charge in [0.05, 0.1) is 6.61 Å². The molecule has 0 saturated carbocycles. The van der Waals surface area contributed by atoms with Gasteiger partial charge in [0, 0.05) is 6.42 Å². The molecule has 0 aliphatic heterocycles. The molecule has 0 fully saturated rings. The third kappa shape index (κ3) is 17.8. The molecule has 0 saturated heterocycles. The molecule has 0 amide bonds. The van der Waals surface area contributed by atoms with Gasteiger partial charge in [0.1, 0.15) is 0 Å². The molecule has 0 aliphatic rings. The summed E-state index contributed by atoms with van der Waals surface area (Å²) in [5.74, 6) is 0. The average molecular weight is 315 g/mol. The summed E-state index contributed by atoms with van der Waals surface area (Å²) in [6.07, 6.45) is 19.8. The maximum Gasteiger partial charge on any atom is 0.159 e. The van der Waals surface area contributed by atoms with Gasteiger partial charge in [0.2, 0.25) is 0 Å². The van der Waals surface area contributed by atoms with Crippen LogP contribution in [0.1, 0.15) is 110 Å². The number of hydrogen-bond acceptors (Lipinski definition) is 2. The zero-order valence-corrected chi connectivity index (χ0v) is 15.4. The van der Waals surface area contributed by atoms with Crippen LogP contribution in [0.25, 0.3) is 0 Å². The second-order valence-electron chi connectivity index (χ2n) is 6.21. The fraction of sp³-hybridized carbons (Fsp3) is 0.947. The predicted molar refractivity (Wildman–Crippen MR) is 99.2 cm³/mol. The Morgan fingerprint density at radius 2 is 1.05 bits per heavy atom. The van der Waals surface area contributed by atoms with Crippen LogP contribution in [-0.4, -0.2) is 11.7 Å². The predicted octanol–water partition coefficient (Wildman–Crippen LogP) is 7.22. The summed E-state index contributed by atoms with van der Waals surface area (Å²) in [5.41, 5.74) is 0. The molecule has 2 heteroatoms. The minimum absolute atomic E-state index is 0.829. The van der Waals surface area contributed by atoms with E-state index in [9.17, 15) is 0 Å². The lowest BCUT2D eigenvalue weighted by atomic mass is 10.1. The van der Waals surface area contributed by atoms with Crippen molar-refractivity contribution in [3.8, 4) is 0 Å². The molecule has 126 valence electrons. The summed E-state index contributed by atoms with van der Waals surface area (Å²) in [6, 6.07) is 0. The SMILES string of the molecule is CCCCCCCCCCCCCOC(=S)CCCCC. The minimum atomic E-state index is 0.829. The van der Waals surface area contributed by atoms with Crippen molar-refractivity contribution in [3.05, 3.63) is 0 Å². The van der Waals surface area contributed by atoms with Crippen LogP contribution in [0.15, 0.2) is 0 Å². The molecule has 0 aromatic rings. The summed E-state index contributed by atoms with van der Waals surface area (Å²) in [6.45, 7) is 5.33. The topological polar surface area (TPSA) is 9.23 Å². The number of unbranched alkanes of at least 4 members (excludes halogenated alkanes) is 12. The average Bonchev–Trinajstić information content (AvgIpc) is 2.48. The fourth-order valence-corrected chi connectivity index (χ4v) is 2.77. The van der Waals surface area contributed by atoms with Gasteiger partial charge in [-0.25, -0.2) is 0 Å². The van der Waals surface area contributed by atoms with Crippen LogP contribution in [-0.2, 0) is 4.74 Å². The lowest BCUT2D eigenvalue weighted by Gasteiger charge is -2.07. The molecule has 0 rings (SSSR count). The van der Waals surface area contributed by atoms with E-state index in [0.29, 0.717) is 0 Å². The molecular formula is C19H38OS. The molecule has 0 aromatic heterocycles. The van der Waals surface area contributed by atoms with Gasteiger partial charge in [-0.2, -0.15) is 0 Å². The minimum Gasteiger partial charge on any atom is -0.487 e. The van der Waals surface area contributed by atoms with Crippen LogP contribution >= 0.6 is 12.2 Å². The number of hydrogen-bond donors (Lipinski definition) is 0. The first kappa shape index (κ1) is 20.9. The molecule has 0 N–H and O–H groups in total. The van der Waals surface area contributed by atoms with Gasteiger partial charge in [0.25, 0.3) is 0 Å². The molecule has 0 spiro atoms. The summed E-state index contributed by atoms with van der Waals surface area (Å²) in [4.78, 5) is 0. The highest BCUT2D eigenvalue weighted by atomic mass is 32.1. The summed E-state index contributed by atoms with van der Waals surface area (Å²) < 4.78 is 5.60. The van der Waals surface area contributed by atoms with Gasteiger partial charge in [-0.05, 0) is 25.1 Å². The van der Waals surface area contributed by atoms with Crippen LogP contribution < -0.4 is 0 Å². The number of thiocarbonyl (C=S) groups is 1. The molecule has 0 aliphatic carbocycles. The Labute approximate surface area is 139 Å². The molecule has 0 radical (unpaired) electrons.